The van der Waals surface area contributed by atoms with Crippen LogP contribution in [-0.2, 0) is 23.9 Å². The van der Waals surface area contributed by atoms with Gasteiger partial charge in [-0.05, 0) is 73.2 Å². The summed E-state index contributed by atoms with van der Waals surface area (Å²) in [6.45, 7) is 3.42. The van der Waals surface area contributed by atoms with Gasteiger partial charge >= 0.3 is 6.18 Å². The Morgan fingerprint density at radius 1 is 0.861 bits per heavy atom. The average molecular weight is 496 g/mol. The summed E-state index contributed by atoms with van der Waals surface area (Å²) < 4.78 is 38.5. The third-order valence-corrected chi connectivity index (χ3v) is 6.62. The molecule has 1 fully saturated rings. The third-order valence-electron chi connectivity index (χ3n) is 6.62. The van der Waals surface area contributed by atoms with E-state index < -0.39 is 11.7 Å². The van der Waals surface area contributed by atoms with Gasteiger partial charge in [-0.1, -0.05) is 60.7 Å². The summed E-state index contributed by atoms with van der Waals surface area (Å²) in [5, 5.41) is 5.69. The first-order chi connectivity index (χ1) is 17.3. The number of nitrogens with one attached hydrogen (secondary N) is 2. The summed E-state index contributed by atoms with van der Waals surface area (Å²) in [7, 11) is 0. The Morgan fingerprint density at radius 2 is 1.53 bits per heavy atom. The largest absolute Gasteiger partial charge is 0.416 e. The number of alkyl halides is 3. The van der Waals surface area contributed by atoms with Crippen molar-refractivity contribution in [2.45, 2.75) is 32.0 Å². The van der Waals surface area contributed by atoms with E-state index in [0.717, 1.165) is 51.0 Å². The number of carbonyl (C=O) groups excluding carboxylic acids is 1. The molecule has 36 heavy (non-hydrogen) atoms. The highest BCUT2D eigenvalue weighted by atomic mass is 19.4. The van der Waals surface area contributed by atoms with E-state index in [0.29, 0.717) is 12.5 Å². The maximum atomic E-state index is 12.8. The second-order valence-corrected chi connectivity index (χ2v) is 9.43. The lowest BCUT2D eigenvalue weighted by molar-refractivity contribution is -0.137. The van der Waals surface area contributed by atoms with Crippen molar-refractivity contribution in [3.05, 3.63) is 101 Å². The molecule has 0 atom stereocenters. The highest BCUT2D eigenvalue weighted by molar-refractivity contribution is 5.80. The van der Waals surface area contributed by atoms with Crippen LogP contribution in [0.5, 0.6) is 0 Å². The van der Waals surface area contributed by atoms with Crippen LogP contribution >= 0.6 is 0 Å². The Kier molecular flexibility index (Phi) is 8.65. The predicted molar refractivity (Wildman–Crippen MR) is 137 cm³/mol. The number of carbonyl (C=O) groups is 1. The fourth-order valence-electron chi connectivity index (χ4n) is 4.51. The molecule has 1 amide bonds. The van der Waals surface area contributed by atoms with Crippen LogP contribution in [0.3, 0.4) is 0 Å². The van der Waals surface area contributed by atoms with Crippen LogP contribution in [0.15, 0.2) is 78.9 Å². The SMILES string of the molecule is O=C(CNc1cccc(C(F)(F)F)c1)NCC1CCN(Cc2ccc(Cc3ccccc3)cc2)CC1. The van der Waals surface area contributed by atoms with Gasteiger partial charge in [0.1, 0.15) is 0 Å². The summed E-state index contributed by atoms with van der Waals surface area (Å²) in [6.07, 6.45) is -1.45. The summed E-state index contributed by atoms with van der Waals surface area (Å²) >= 11 is 0. The molecule has 0 radical (unpaired) electrons. The monoisotopic (exact) mass is 495 g/mol. The number of hydrogen-bond donors (Lipinski definition) is 2. The van der Waals surface area contributed by atoms with Crippen LogP contribution < -0.4 is 10.6 Å². The molecule has 4 nitrogen and oxygen atoms in total. The maximum absolute atomic E-state index is 12.8. The van der Waals surface area contributed by atoms with Gasteiger partial charge < -0.3 is 10.6 Å². The fourth-order valence-corrected chi connectivity index (χ4v) is 4.51. The zero-order valence-corrected chi connectivity index (χ0v) is 20.2. The molecule has 0 spiro atoms. The van der Waals surface area contributed by atoms with E-state index >= 15 is 0 Å². The Bertz CT molecular complexity index is 1110. The average Bonchev–Trinajstić information content (AvgIpc) is 2.88. The lowest BCUT2D eigenvalue weighted by Gasteiger charge is -2.32. The summed E-state index contributed by atoms with van der Waals surface area (Å²) in [5.41, 5.74) is 3.47. The van der Waals surface area contributed by atoms with Crippen molar-refractivity contribution in [2.75, 3.05) is 31.5 Å². The van der Waals surface area contributed by atoms with E-state index in [1.165, 1.54) is 28.8 Å². The van der Waals surface area contributed by atoms with Gasteiger partial charge in [-0.2, -0.15) is 13.2 Å². The molecule has 0 aliphatic carbocycles. The van der Waals surface area contributed by atoms with E-state index in [1.807, 2.05) is 6.07 Å². The number of likely N-dealkylation sites (tertiary alicyclic amines) is 1. The van der Waals surface area contributed by atoms with Gasteiger partial charge in [0.2, 0.25) is 5.91 Å². The molecule has 7 heteroatoms. The van der Waals surface area contributed by atoms with Gasteiger partial charge in [-0.3, -0.25) is 9.69 Å². The van der Waals surface area contributed by atoms with Crippen LogP contribution in [0.1, 0.15) is 35.1 Å². The quantitative estimate of drug-likeness (QED) is 0.398. The van der Waals surface area contributed by atoms with Crippen LogP contribution in [0.25, 0.3) is 0 Å². The van der Waals surface area contributed by atoms with E-state index in [9.17, 15) is 18.0 Å². The smallest absolute Gasteiger partial charge is 0.376 e. The molecule has 1 heterocycles. The molecule has 1 saturated heterocycles. The molecule has 3 aromatic rings. The molecular weight excluding hydrogens is 463 g/mol. The number of rotatable bonds is 9. The van der Waals surface area contributed by atoms with Gasteiger partial charge in [0.05, 0.1) is 12.1 Å². The minimum absolute atomic E-state index is 0.0551. The maximum Gasteiger partial charge on any atom is 0.416 e. The molecule has 3 aromatic carbocycles. The number of nitrogens with zero attached hydrogens (tertiary/aromatic N) is 1. The van der Waals surface area contributed by atoms with Crippen molar-refractivity contribution < 1.29 is 18.0 Å². The third kappa shape index (κ3) is 7.85. The van der Waals surface area contributed by atoms with E-state index in [-0.39, 0.29) is 18.1 Å². The Labute approximate surface area is 210 Å². The molecule has 0 aromatic heterocycles. The van der Waals surface area contributed by atoms with E-state index in [1.54, 1.807) is 0 Å². The van der Waals surface area contributed by atoms with Gasteiger partial charge in [-0.25, -0.2) is 0 Å². The topological polar surface area (TPSA) is 44.4 Å². The summed E-state index contributed by atoms with van der Waals surface area (Å²) in [4.78, 5) is 14.6. The van der Waals surface area contributed by atoms with Crippen molar-refractivity contribution in [2.24, 2.45) is 5.92 Å². The zero-order chi connectivity index (χ0) is 25.4. The molecular formula is C29H32F3N3O. The highest BCUT2D eigenvalue weighted by Gasteiger charge is 2.30. The van der Waals surface area contributed by atoms with Crippen LogP contribution in [0.4, 0.5) is 18.9 Å². The fraction of sp³-hybridized carbons (Fsp3) is 0.345. The van der Waals surface area contributed by atoms with E-state index in [4.69, 9.17) is 0 Å². The Morgan fingerprint density at radius 3 is 2.22 bits per heavy atom. The van der Waals surface area contributed by atoms with Crippen molar-refractivity contribution in [3.63, 3.8) is 0 Å². The molecule has 2 N–H and O–H groups in total. The normalized spacial score (nSPS) is 15.0. The number of benzene rings is 3. The second kappa shape index (κ2) is 12.1. The Balaban J connectivity index is 1.14. The molecule has 0 saturated carbocycles. The molecule has 1 aliphatic heterocycles. The molecule has 1 aliphatic rings. The molecule has 0 bridgehead atoms. The van der Waals surface area contributed by atoms with Crippen LogP contribution in [-0.4, -0.2) is 37.0 Å². The second-order valence-electron chi connectivity index (χ2n) is 9.43. The summed E-state index contributed by atoms with van der Waals surface area (Å²) in [5.74, 6) is 0.192. The van der Waals surface area contributed by atoms with Gasteiger partial charge in [0.25, 0.3) is 0 Å². The molecule has 190 valence electrons. The zero-order valence-electron chi connectivity index (χ0n) is 20.2. The lowest BCUT2D eigenvalue weighted by Crippen LogP contribution is -2.39. The number of piperidine rings is 1. The van der Waals surface area contributed by atoms with Crippen molar-refractivity contribution in [1.29, 1.82) is 0 Å². The van der Waals surface area contributed by atoms with E-state index in [2.05, 4.69) is 64.1 Å². The van der Waals surface area contributed by atoms with Crippen LogP contribution in [0, 0.1) is 5.92 Å². The number of anilines is 1. The lowest BCUT2D eigenvalue weighted by atomic mass is 9.96. The number of amides is 1. The first-order valence-corrected chi connectivity index (χ1v) is 12.4. The van der Waals surface area contributed by atoms with Gasteiger partial charge in [0, 0.05) is 18.8 Å². The molecule has 4 rings (SSSR count). The highest BCUT2D eigenvalue weighted by Crippen LogP contribution is 2.30. The van der Waals surface area contributed by atoms with Crippen molar-refractivity contribution in [1.82, 2.24) is 10.2 Å². The predicted octanol–water partition coefficient (Wildman–Crippen LogP) is 5.74. The minimum Gasteiger partial charge on any atom is -0.376 e. The molecule has 0 unspecified atom stereocenters. The first kappa shape index (κ1) is 25.8. The minimum atomic E-state index is -4.40. The van der Waals surface area contributed by atoms with Gasteiger partial charge in [-0.15, -0.1) is 0 Å². The standard InChI is InChI=1S/C29H32F3N3O/c30-29(31,32)26-7-4-8-27(18-26)33-20-28(36)34-19-24-13-15-35(16-14-24)21-25-11-9-23(10-12-25)17-22-5-2-1-3-6-22/h1-12,18,24,33H,13-17,19-21H2,(H,34,36). The van der Waals surface area contributed by atoms with Crippen molar-refractivity contribution in [3.8, 4) is 0 Å². The van der Waals surface area contributed by atoms with Crippen LogP contribution in [0.2, 0.25) is 0 Å². The number of halogens is 3. The van der Waals surface area contributed by atoms with Crippen molar-refractivity contribution >= 4 is 11.6 Å². The Hall–Kier alpha value is -3.32. The first-order valence-electron chi connectivity index (χ1n) is 12.4. The number of hydrogen-bond acceptors (Lipinski definition) is 3. The summed E-state index contributed by atoms with van der Waals surface area (Å²) in [6, 6.07) is 24.2. The van der Waals surface area contributed by atoms with Gasteiger partial charge in [0.15, 0.2) is 0 Å².